The van der Waals surface area contributed by atoms with Gasteiger partial charge in [-0.15, -0.1) is 0 Å². The molecule has 4 atom stereocenters. The van der Waals surface area contributed by atoms with Crippen LogP contribution in [-0.2, 0) is 32.5 Å². The highest BCUT2D eigenvalue weighted by Gasteiger charge is 2.52. The third kappa shape index (κ3) is 5.18. The number of carbonyl (C=O) groups excluding carboxylic acids is 2. The number of amides is 2. The molecule has 2 aliphatic heterocycles. The molecule has 212 valence electrons. The average Bonchev–Trinajstić information content (AvgIpc) is 3.55. The second kappa shape index (κ2) is 10.2. The van der Waals surface area contributed by atoms with Gasteiger partial charge in [-0.2, -0.15) is 9.57 Å². The van der Waals surface area contributed by atoms with E-state index in [9.17, 15) is 23.3 Å². The Balaban J connectivity index is 1.29. The number of hydrogen-bond acceptors (Lipinski definition) is 6. The highest BCUT2D eigenvalue weighted by atomic mass is 32.2. The van der Waals surface area contributed by atoms with Crippen molar-refractivity contribution in [3.05, 3.63) is 53.3 Å². The van der Waals surface area contributed by atoms with Crippen molar-refractivity contribution in [1.82, 2.24) is 14.5 Å². The minimum Gasteiger partial charge on any atom is -0.444 e. The van der Waals surface area contributed by atoms with Crippen molar-refractivity contribution >= 4 is 22.0 Å². The number of halogens is 1. The van der Waals surface area contributed by atoms with Gasteiger partial charge in [-0.3, -0.25) is 9.69 Å². The van der Waals surface area contributed by atoms with Crippen LogP contribution in [0.5, 0.6) is 0 Å². The lowest BCUT2D eigenvalue weighted by Gasteiger charge is -2.35. The van der Waals surface area contributed by atoms with E-state index in [4.69, 9.17) is 4.74 Å². The van der Waals surface area contributed by atoms with Gasteiger partial charge in [-0.1, -0.05) is 18.2 Å². The van der Waals surface area contributed by atoms with E-state index in [2.05, 4.69) is 11.4 Å². The molecule has 1 saturated carbocycles. The average molecular weight is 569 g/mol. The molecule has 11 heteroatoms. The quantitative estimate of drug-likeness (QED) is 0.583. The summed E-state index contributed by atoms with van der Waals surface area (Å²) in [6.45, 7) is 5.57. The minimum absolute atomic E-state index is 0.00465. The standard InChI is InChI=1S/C29H33FN4O5S/c1-29(2,3)39-28(36)34-23-9-7-20(13-23)26(34)27(35)32-22(15-31)12-19-6-5-18(14-24(19)30)17-8-10-25-21(11-17)16-33(4)40(25,37)38/h5-6,8,10-11,14,20,22-23,26H,7,9,12-13,16H2,1-4H3,(H,32,35). The van der Waals surface area contributed by atoms with Gasteiger partial charge in [0.15, 0.2) is 0 Å². The summed E-state index contributed by atoms with van der Waals surface area (Å²) in [4.78, 5) is 28.0. The maximum absolute atomic E-state index is 15.2. The van der Waals surface area contributed by atoms with Crippen LogP contribution in [0.1, 0.15) is 51.2 Å². The molecule has 1 N–H and O–H groups in total. The molecule has 3 aliphatic rings. The smallest absolute Gasteiger partial charge is 0.411 e. The van der Waals surface area contributed by atoms with E-state index in [0.29, 0.717) is 16.7 Å². The highest BCUT2D eigenvalue weighted by Crippen LogP contribution is 2.43. The first-order valence-corrected chi connectivity index (χ1v) is 14.8. The van der Waals surface area contributed by atoms with Crippen molar-refractivity contribution in [1.29, 1.82) is 5.26 Å². The molecule has 40 heavy (non-hydrogen) atoms. The fourth-order valence-electron chi connectivity index (χ4n) is 6.03. The SMILES string of the molecule is CN1Cc2cc(-c3ccc(CC(C#N)NC(=O)C4C5CCC(C5)N4C(=O)OC(C)(C)C)c(F)c3)ccc2S1(=O)=O. The maximum atomic E-state index is 15.2. The third-order valence-corrected chi connectivity index (χ3v) is 9.79. The lowest BCUT2D eigenvalue weighted by molar-refractivity contribution is -0.128. The number of nitriles is 1. The van der Waals surface area contributed by atoms with Crippen LogP contribution in [0.3, 0.4) is 0 Å². The topological polar surface area (TPSA) is 120 Å². The third-order valence-electron chi connectivity index (χ3n) is 7.88. The molecule has 1 saturated heterocycles. The van der Waals surface area contributed by atoms with Crippen LogP contribution in [0.2, 0.25) is 0 Å². The molecule has 2 aromatic rings. The van der Waals surface area contributed by atoms with Gasteiger partial charge in [0.25, 0.3) is 0 Å². The molecule has 0 radical (unpaired) electrons. The molecule has 2 aromatic carbocycles. The zero-order valence-corrected chi connectivity index (χ0v) is 23.8. The summed E-state index contributed by atoms with van der Waals surface area (Å²) in [5.74, 6) is -0.970. The highest BCUT2D eigenvalue weighted by molar-refractivity contribution is 7.89. The summed E-state index contributed by atoms with van der Waals surface area (Å²) < 4.78 is 46.7. The molecule has 4 unspecified atom stereocenters. The van der Waals surface area contributed by atoms with Crippen molar-refractivity contribution < 1.29 is 27.1 Å². The summed E-state index contributed by atoms with van der Waals surface area (Å²) in [6.07, 6.45) is 1.76. The van der Waals surface area contributed by atoms with Gasteiger partial charge in [0.2, 0.25) is 15.9 Å². The van der Waals surface area contributed by atoms with Gasteiger partial charge in [-0.05, 0) is 86.4 Å². The molecule has 2 amide bonds. The van der Waals surface area contributed by atoms with Crippen LogP contribution in [-0.4, -0.2) is 60.4 Å². The van der Waals surface area contributed by atoms with Crippen molar-refractivity contribution in [2.45, 2.75) is 81.6 Å². The molecular weight excluding hydrogens is 535 g/mol. The van der Waals surface area contributed by atoms with E-state index in [-0.39, 0.29) is 35.4 Å². The van der Waals surface area contributed by atoms with Gasteiger partial charge >= 0.3 is 6.09 Å². The molecular formula is C29H33FN4O5S. The Morgan fingerprint density at radius 2 is 1.88 bits per heavy atom. The van der Waals surface area contributed by atoms with E-state index >= 15 is 4.39 Å². The number of piperidine rings is 1. The van der Waals surface area contributed by atoms with Crippen LogP contribution in [0.4, 0.5) is 9.18 Å². The molecule has 9 nitrogen and oxygen atoms in total. The molecule has 0 aromatic heterocycles. The van der Waals surface area contributed by atoms with Gasteiger partial charge in [0, 0.05) is 26.1 Å². The zero-order valence-electron chi connectivity index (χ0n) is 23.0. The summed E-state index contributed by atoms with van der Waals surface area (Å²) in [7, 11) is -1.97. The van der Waals surface area contributed by atoms with E-state index in [0.717, 1.165) is 19.3 Å². The molecule has 2 fully saturated rings. The zero-order chi connectivity index (χ0) is 29.0. The van der Waals surface area contributed by atoms with Crippen LogP contribution in [0, 0.1) is 23.1 Å². The monoisotopic (exact) mass is 568 g/mol. The molecule has 2 heterocycles. The first kappa shape index (κ1) is 28.1. The molecule has 2 bridgehead atoms. The van der Waals surface area contributed by atoms with Gasteiger partial charge in [-0.25, -0.2) is 17.6 Å². The molecule has 0 spiro atoms. The van der Waals surface area contributed by atoms with Crippen molar-refractivity contribution in [2.24, 2.45) is 5.92 Å². The number of ether oxygens (including phenoxy) is 1. The summed E-state index contributed by atoms with van der Waals surface area (Å²) in [6, 6.07) is 9.82. The predicted molar refractivity (Wildman–Crippen MR) is 145 cm³/mol. The number of carbonyl (C=O) groups is 2. The maximum Gasteiger partial charge on any atom is 0.411 e. The second-order valence-corrected chi connectivity index (χ2v) is 13.9. The number of fused-ring (bicyclic) bond motifs is 3. The largest absolute Gasteiger partial charge is 0.444 e. The fourth-order valence-corrected chi connectivity index (χ4v) is 7.37. The Labute approximate surface area is 234 Å². The van der Waals surface area contributed by atoms with Gasteiger partial charge in [0.1, 0.15) is 23.5 Å². The molecule has 5 rings (SSSR count). The summed E-state index contributed by atoms with van der Waals surface area (Å²) in [5, 5.41) is 12.5. The lowest BCUT2D eigenvalue weighted by Crippen LogP contribution is -2.55. The van der Waals surface area contributed by atoms with Crippen molar-refractivity contribution in [3.63, 3.8) is 0 Å². The first-order valence-electron chi connectivity index (χ1n) is 13.4. The Morgan fingerprint density at radius 3 is 2.55 bits per heavy atom. The number of nitrogens with zero attached hydrogens (tertiary/aromatic N) is 3. The van der Waals surface area contributed by atoms with Gasteiger partial charge < -0.3 is 10.1 Å². The number of hydrogen-bond donors (Lipinski definition) is 1. The Morgan fingerprint density at radius 1 is 1.18 bits per heavy atom. The Hall–Kier alpha value is -3.49. The lowest BCUT2D eigenvalue weighted by atomic mass is 9.96. The first-order chi connectivity index (χ1) is 18.8. The number of likely N-dealkylation sites (tertiary alicyclic amines) is 1. The minimum atomic E-state index is -3.48. The van der Waals surface area contributed by atoms with E-state index in [1.54, 1.807) is 45.0 Å². The predicted octanol–water partition coefficient (Wildman–Crippen LogP) is 3.97. The second-order valence-electron chi connectivity index (χ2n) is 11.8. The number of sulfonamides is 1. The van der Waals surface area contributed by atoms with Crippen LogP contribution in [0.25, 0.3) is 11.1 Å². The fraction of sp³-hybridized carbons (Fsp3) is 0.483. The number of benzene rings is 2. The molecule has 1 aliphatic carbocycles. The van der Waals surface area contributed by atoms with E-state index < -0.39 is 45.5 Å². The summed E-state index contributed by atoms with van der Waals surface area (Å²) >= 11 is 0. The van der Waals surface area contributed by atoms with E-state index in [1.165, 1.54) is 28.4 Å². The van der Waals surface area contributed by atoms with Crippen LogP contribution < -0.4 is 5.32 Å². The number of nitrogens with one attached hydrogen (secondary N) is 1. The normalized spacial score (nSPS) is 23.9. The Bertz CT molecular complexity index is 1510. The van der Waals surface area contributed by atoms with Crippen molar-refractivity contribution in [2.75, 3.05) is 7.05 Å². The van der Waals surface area contributed by atoms with Crippen LogP contribution in [0.15, 0.2) is 41.3 Å². The summed E-state index contributed by atoms with van der Waals surface area (Å²) in [5.41, 5.74) is 1.46. The van der Waals surface area contributed by atoms with Gasteiger partial charge in [0.05, 0.1) is 11.0 Å². The number of rotatable bonds is 5. The van der Waals surface area contributed by atoms with Crippen LogP contribution >= 0.6 is 0 Å². The van der Waals surface area contributed by atoms with E-state index in [1.807, 2.05) is 0 Å². The van der Waals surface area contributed by atoms with Crippen molar-refractivity contribution in [3.8, 4) is 17.2 Å². The Kier molecular flexibility index (Phi) is 7.13.